The highest BCUT2D eigenvalue weighted by Crippen LogP contribution is 2.48. The van der Waals surface area contributed by atoms with Crippen molar-refractivity contribution in [2.24, 2.45) is 0 Å². The maximum atomic E-state index is 6.75. The molecule has 0 saturated heterocycles. The van der Waals surface area contributed by atoms with E-state index in [-0.39, 0.29) is 0 Å². The molecule has 0 atom stereocenters. The molecule has 186 valence electrons. The summed E-state index contributed by atoms with van der Waals surface area (Å²) in [6, 6.07) is 45.1. The van der Waals surface area contributed by atoms with Gasteiger partial charge in [-0.05, 0) is 24.3 Å². The zero-order valence-corrected chi connectivity index (χ0v) is 22.2. The number of thiophene rings is 1. The van der Waals surface area contributed by atoms with Gasteiger partial charge in [0, 0.05) is 63.8 Å². The third kappa shape index (κ3) is 3.01. The number of aromatic nitrogens is 1. The third-order valence-electron chi connectivity index (χ3n) is 8.05. The Bertz CT molecular complexity index is 2430. The van der Waals surface area contributed by atoms with Crippen molar-refractivity contribution < 1.29 is 4.42 Å². The number of rotatable bonds is 2. The normalized spacial score (nSPS) is 12.0. The van der Waals surface area contributed by atoms with Gasteiger partial charge in [0.05, 0.1) is 11.2 Å². The Balaban J connectivity index is 1.54. The Morgan fingerprint density at radius 2 is 1.25 bits per heavy atom. The molecule has 0 saturated carbocycles. The van der Waals surface area contributed by atoms with E-state index in [4.69, 9.17) is 9.40 Å². The molecule has 3 heterocycles. The van der Waals surface area contributed by atoms with Crippen LogP contribution in [-0.2, 0) is 0 Å². The van der Waals surface area contributed by atoms with E-state index in [9.17, 15) is 0 Å². The molecule has 9 aromatic rings. The lowest BCUT2D eigenvalue weighted by Crippen LogP contribution is -1.92. The predicted octanol–water partition coefficient (Wildman–Crippen LogP) is 11.0. The molecule has 0 N–H and O–H groups in total. The topological polar surface area (TPSA) is 26.0 Å². The van der Waals surface area contributed by atoms with E-state index in [1.54, 1.807) is 0 Å². The fourth-order valence-corrected chi connectivity index (χ4v) is 7.54. The first-order valence-electron chi connectivity index (χ1n) is 13.5. The predicted molar refractivity (Wildman–Crippen MR) is 170 cm³/mol. The van der Waals surface area contributed by atoms with Crippen molar-refractivity contribution in [1.82, 2.24) is 4.98 Å². The first-order valence-corrected chi connectivity index (χ1v) is 14.3. The maximum Gasteiger partial charge on any atom is 0.143 e. The zero-order chi connectivity index (χ0) is 26.2. The smallest absolute Gasteiger partial charge is 0.143 e. The van der Waals surface area contributed by atoms with Crippen molar-refractivity contribution in [3.63, 3.8) is 0 Å². The summed E-state index contributed by atoms with van der Waals surface area (Å²) in [6.45, 7) is 0. The number of fused-ring (bicyclic) bond motifs is 10. The lowest BCUT2D eigenvalue weighted by molar-refractivity contribution is 0.670. The summed E-state index contributed by atoms with van der Waals surface area (Å²) < 4.78 is 9.32. The summed E-state index contributed by atoms with van der Waals surface area (Å²) >= 11 is 1.85. The first-order chi connectivity index (χ1) is 19.8. The first kappa shape index (κ1) is 21.9. The van der Waals surface area contributed by atoms with E-state index in [2.05, 4.69) is 121 Å². The second-order valence-corrected chi connectivity index (χ2v) is 11.3. The van der Waals surface area contributed by atoms with Crippen LogP contribution >= 0.6 is 11.3 Å². The SMILES string of the molecule is c1ccc(-c2nc3ccccc3c3c2cc(-c2cccc4c2sc2ccccc24)c2oc4ccccc4c23)cc1. The van der Waals surface area contributed by atoms with Crippen LogP contribution in [0.5, 0.6) is 0 Å². The standard InChI is InChI=1S/C37H21NOS/c1-2-11-22(12-3-1)35-29-21-28(25-17-10-16-24-23-13-6-9-20-32(23)40-37(24)25)36-34(27-15-5-8-19-31(27)39-36)33(29)26-14-4-7-18-30(26)38-35/h1-21H. The van der Waals surface area contributed by atoms with Gasteiger partial charge in [-0.3, -0.25) is 0 Å². The number of benzene rings is 6. The van der Waals surface area contributed by atoms with E-state index in [0.29, 0.717) is 0 Å². The summed E-state index contributed by atoms with van der Waals surface area (Å²) in [6.07, 6.45) is 0. The number of hydrogen-bond donors (Lipinski definition) is 0. The third-order valence-corrected chi connectivity index (χ3v) is 9.27. The quantitative estimate of drug-likeness (QED) is 0.209. The van der Waals surface area contributed by atoms with Gasteiger partial charge in [-0.15, -0.1) is 11.3 Å². The molecular formula is C37H21NOS. The largest absolute Gasteiger partial charge is 0.455 e. The van der Waals surface area contributed by atoms with Crippen molar-refractivity contribution in [1.29, 1.82) is 0 Å². The molecule has 0 spiro atoms. The van der Waals surface area contributed by atoms with Gasteiger partial charge in [0.15, 0.2) is 0 Å². The molecule has 0 aliphatic heterocycles. The minimum atomic E-state index is 0.900. The number of para-hydroxylation sites is 2. The van der Waals surface area contributed by atoms with Crippen LogP contribution in [0.15, 0.2) is 132 Å². The van der Waals surface area contributed by atoms with Crippen molar-refractivity contribution in [2.75, 3.05) is 0 Å². The van der Waals surface area contributed by atoms with Crippen LogP contribution in [0.3, 0.4) is 0 Å². The van der Waals surface area contributed by atoms with Crippen molar-refractivity contribution in [3.05, 3.63) is 127 Å². The van der Waals surface area contributed by atoms with Crippen LogP contribution in [-0.4, -0.2) is 4.98 Å². The average molecular weight is 528 g/mol. The van der Waals surface area contributed by atoms with E-state index in [1.165, 1.54) is 31.1 Å². The molecule has 6 aromatic carbocycles. The molecular weight excluding hydrogens is 506 g/mol. The van der Waals surface area contributed by atoms with Gasteiger partial charge in [-0.1, -0.05) is 103 Å². The molecule has 0 radical (unpaired) electrons. The number of furan rings is 1. The average Bonchev–Trinajstić information content (AvgIpc) is 3.60. The van der Waals surface area contributed by atoms with Gasteiger partial charge in [-0.25, -0.2) is 4.98 Å². The molecule has 0 bridgehead atoms. The highest BCUT2D eigenvalue weighted by molar-refractivity contribution is 7.26. The van der Waals surface area contributed by atoms with Crippen LogP contribution < -0.4 is 0 Å². The summed E-state index contributed by atoms with van der Waals surface area (Å²) in [5.41, 5.74) is 7.20. The number of pyridine rings is 1. The van der Waals surface area contributed by atoms with Gasteiger partial charge in [0.1, 0.15) is 11.2 Å². The van der Waals surface area contributed by atoms with Gasteiger partial charge in [-0.2, -0.15) is 0 Å². The van der Waals surface area contributed by atoms with Crippen molar-refractivity contribution >= 4 is 75.1 Å². The molecule has 3 heteroatoms. The van der Waals surface area contributed by atoms with Gasteiger partial charge >= 0.3 is 0 Å². The van der Waals surface area contributed by atoms with E-state index < -0.39 is 0 Å². The highest BCUT2D eigenvalue weighted by Gasteiger charge is 2.22. The molecule has 0 fully saturated rings. The highest BCUT2D eigenvalue weighted by atomic mass is 32.1. The molecule has 0 aliphatic rings. The van der Waals surface area contributed by atoms with Crippen LogP contribution in [0.2, 0.25) is 0 Å². The van der Waals surface area contributed by atoms with Crippen LogP contribution in [0.1, 0.15) is 0 Å². The monoisotopic (exact) mass is 527 g/mol. The molecule has 0 aliphatic carbocycles. The summed E-state index contributed by atoms with van der Waals surface area (Å²) in [4.78, 5) is 5.25. The summed E-state index contributed by atoms with van der Waals surface area (Å²) in [5, 5.41) is 8.32. The Morgan fingerprint density at radius 3 is 2.15 bits per heavy atom. The molecule has 9 rings (SSSR count). The van der Waals surface area contributed by atoms with E-state index in [0.717, 1.165) is 55.0 Å². The van der Waals surface area contributed by atoms with Crippen LogP contribution in [0, 0.1) is 0 Å². The summed E-state index contributed by atoms with van der Waals surface area (Å²) in [5.74, 6) is 0. The lowest BCUT2D eigenvalue weighted by atomic mass is 9.91. The Hall–Kier alpha value is -4.99. The Labute approximate surface area is 233 Å². The fourth-order valence-electron chi connectivity index (χ4n) is 6.31. The minimum absolute atomic E-state index is 0.900. The maximum absolute atomic E-state index is 6.75. The molecule has 2 nitrogen and oxygen atoms in total. The molecule has 3 aromatic heterocycles. The zero-order valence-electron chi connectivity index (χ0n) is 21.4. The van der Waals surface area contributed by atoms with Crippen LogP contribution in [0.25, 0.3) is 86.2 Å². The molecule has 40 heavy (non-hydrogen) atoms. The van der Waals surface area contributed by atoms with Crippen molar-refractivity contribution in [2.45, 2.75) is 0 Å². The van der Waals surface area contributed by atoms with Gasteiger partial charge < -0.3 is 4.42 Å². The Morgan fingerprint density at radius 1 is 0.525 bits per heavy atom. The Kier molecular flexibility index (Phi) is 4.52. The van der Waals surface area contributed by atoms with Crippen molar-refractivity contribution in [3.8, 4) is 22.4 Å². The second-order valence-electron chi connectivity index (χ2n) is 10.3. The number of nitrogens with zero attached hydrogens (tertiary/aromatic N) is 1. The summed E-state index contributed by atoms with van der Waals surface area (Å²) in [7, 11) is 0. The lowest BCUT2D eigenvalue weighted by Gasteiger charge is -2.14. The fraction of sp³-hybridized carbons (Fsp3) is 0. The molecule has 0 unspecified atom stereocenters. The van der Waals surface area contributed by atoms with Crippen LogP contribution in [0.4, 0.5) is 0 Å². The van der Waals surface area contributed by atoms with E-state index in [1.807, 2.05) is 17.4 Å². The minimum Gasteiger partial charge on any atom is -0.455 e. The molecule has 0 amide bonds. The number of hydrogen-bond acceptors (Lipinski definition) is 3. The van der Waals surface area contributed by atoms with Gasteiger partial charge in [0.2, 0.25) is 0 Å². The second kappa shape index (κ2) is 8.25. The van der Waals surface area contributed by atoms with Gasteiger partial charge in [0.25, 0.3) is 0 Å². The van der Waals surface area contributed by atoms with E-state index >= 15 is 0 Å².